The standard InChI is InChI=1S/C24H31F3N2O7S2/c1-15-18(10-9-16(28)21(15)23(30)36-24(2,3)4)35-19-8-5-7-17(22(19)27)29-38(33,34)20(11-13-26)37(31,32)14-6-12-25/h5,7-10,20,29H,6,11-14,28H2,1-4H3. The number of hydrogen-bond donors (Lipinski definition) is 2. The van der Waals surface area contributed by atoms with Gasteiger partial charge in [-0.3, -0.25) is 13.5 Å². The summed E-state index contributed by atoms with van der Waals surface area (Å²) in [5, 5.41) is 0. The lowest BCUT2D eigenvalue weighted by atomic mass is 10.0. The number of carbonyl (C=O) groups is 1. The molecule has 0 saturated carbocycles. The molecule has 0 spiro atoms. The molecule has 2 aromatic rings. The number of nitrogens with two attached hydrogens (primary N) is 1. The van der Waals surface area contributed by atoms with Gasteiger partial charge in [0.1, 0.15) is 11.4 Å². The van der Waals surface area contributed by atoms with Crippen molar-refractivity contribution in [2.75, 3.05) is 29.6 Å². The summed E-state index contributed by atoms with van der Waals surface area (Å²) < 4.78 is 102. The molecule has 0 amide bonds. The summed E-state index contributed by atoms with van der Waals surface area (Å²) >= 11 is 0. The lowest BCUT2D eigenvalue weighted by Gasteiger charge is -2.22. The molecule has 0 saturated heterocycles. The maximum atomic E-state index is 15.3. The zero-order valence-electron chi connectivity index (χ0n) is 21.4. The Kier molecular flexibility index (Phi) is 10.1. The van der Waals surface area contributed by atoms with Crippen molar-refractivity contribution in [3.05, 3.63) is 47.3 Å². The van der Waals surface area contributed by atoms with Crippen LogP contribution in [0.15, 0.2) is 30.3 Å². The van der Waals surface area contributed by atoms with E-state index in [9.17, 15) is 30.4 Å². The molecule has 0 heterocycles. The average molecular weight is 581 g/mol. The van der Waals surface area contributed by atoms with Crippen molar-refractivity contribution in [2.45, 2.75) is 50.7 Å². The second-order valence-corrected chi connectivity index (χ2v) is 13.8. The summed E-state index contributed by atoms with van der Waals surface area (Å²) in [6, 6.07) is 6.16. The fourth-order valence-corrected chi connectivity index (χ4v) is 7.63. The molecule has 0 bridgehead atoms. The third-order valence-corrected chi connectivity index (χ3v) is 10.1. The van der Waals surface area contributed by atoms with Crippen molar-refractivity contribution in [3.8, 4) is 11.5 Å². The van der Waals surface area contributed by atoms with Crippen LogP contribution < -0.4 is 15.2 Å². The van der Waals surface area contributed by atoms with Gasteiger partial charge in [0, 0.05) is 17.7 Å². The molecule has 0 aliphatic heterocycles. The molecule has 9 nitrogen and oxygen atoms in total. The van der Waals surface area contributed by atoms with E-state index in [-0.39, 0.29) is 22.6 Å². The normalized spacial score (nSPS) is 13.1. The van der Waals surface area contributed by atoms with Crippen molar-refractivity contribution in [1.82, 2.24) is 0 Å². The first-order chi connectivity index (χ1) is 17.5. The lowest BCUT2D eigenvalue weighted by molar-refractivity contribution is 0.00696. The van der Waals surface area contributed by atoms with Crippen molar-refractivity contribution in [3.63, 3.8) is 0 Å². The second kappa shape index (κ2) is 12.2. The summed E-state index contributed by atoms with van der Waals surface area (Å²) in [4.78, 5) is 12.6. The third kappa shape index (κ3) is 7.76. The highest BCUT2D eigenvalue weighted by Crippen LogP contribution is 2.35. The number of alkyl halides is 2. The number of benzene rings is 2. The van der Waals surface area contributed by atoms with E-state index in [2.05, 4.69) is 0 Å². The summed E-state index contributed by atoms with van der Waals surface area (Å²) in [6.07, 6.45) is -1.38. The Morgan fingerprint density at radius 1 is 1.05 bits per heavy atom. The van der Waals surface area contributed by atoms with E-state index in [0.717, 1.165) is 6.07 Å². The van der Waals surface area contributed by atoms with Gasteiger partial charge in [-0.2, -0.15) is 0 Å². The topological polar surface area (TPSA) is 142 Å². The van der Waals surface area contributed by atoms with Gasteiger partial charge < -0.3 is 15.2 Å². The molecule has 0 aliphatic carbocycles. The summed E-state index contributed by atoms with van der Waals surface area (Å²) in [6.45, 7) is 4.21. The Labute approximate surface area is 220 Å². The minimum absolute atomic E-state index is 0.00207. The van der Waals surface area contributed by atoms with Crippen LogP contribution in [0.5, 0.6) is 11.5 Å². The lowest BCUT2D eigenvalue weighted by Crippen LogP contribution is -2.37. The van der Waals surface area contributed by atoms with Crippen LogP contribution in [0.1, 0.15) is 49.5 Å². The number of carbonyl (C=O) groups excluding carboxylic acids is 1. The quantitative estimate of drug-likeness (QED) is 0.273. The maximum Gasteiger partial charge on any atom is 0.341 e. The number of ether oxygens (including phenoxy) is 2. The van der Waals surface area contributed by atoms with E-state index in [0.29, 0.717) is 0 Å². The zero-order valence-corrected chi connectivity index (χ0v) is 23.0. The van der Waals surface area contributed by atoms with Gasteiger partial charge in [-0.05, 0) is 58.4 Å². The first-order valence-corrected chi connectivity index (χ1v) is 14.7. The smallest absolute Gasteiger partial charge is 0.341 e. The number of sulfone groups is 1. The highest BCUT2D eigenvalue weighted by atomic mass is 32.3. The maximum absolute atomic E-state index is 15.3. The Morgan fingerprint density at radius 3 is 2.29 bits per heavy atom. The number of sulfonamides is 1. The van der Waals surface area contributed by atoms with E-state index in [4.69, 9.17) is 15.2 Å². The number of anilines is 2. The SMILES string of the molecule is Cc1c(Oc2cccc(NS(=O)(=O)C(CCF)S(=O)(=O)CCCF)c2F)ccc(N)c1C(=O)OC(C)(C)C. The first-order valence-electron chi connectivity index (χ1n) is 11.5. The number of nitrogens with one attached hydrogen (secondary N) is 1. The summed E-state index contributed by atoms with van der Waals surface area (Å²) in [5.74, 6) is -3.20. The van der Waals surface area contributed by atoms with Gasteiger partial charge in [-0.25, -0.2) is 26.0 Å². The van der Waals surface area contributed by atoms with Crippen LogP contribution in [0.2, 0.25) is 0 Å². The van der Waals surface area contributed by atoms with E-state index in [1.54, 1.807) is 20.8 Å². The highest BCUT2D eigenvalue weighted by molar-refractivity contribution is 8.09. The van der Waals surface area contributed by atoms with Gasteiger partial charge in [-0.1, -0.05) is 6.07 Å². The molecule has 0 aliphatic rings. The fourth-order valence-electron chi connectivity index (χ4n) is 3.43. The van der Waals surface area contributed by atoms with Crippen LogP contribution in [0.25, 0.3) is 0 Å². The van der Waals surface area contributed by atoms with Crippen LogP contribution in [-0.4, -0.2) is 52.1 Å². The minimum Gasteiger partial charge on any atom is -0.456 e. The molecular weight excluding hydrogens is 549 g/mol. The second-order valence-electron chi connectivity index (χ2n) is 9.34. The molecule has 0 fully saturated rings. The number of halogens is 3. The number of esters is 1. The summed E-state index contributed by atoms with van der Waals surface area (Å²) in [7, 11) is -9.33. The minimum atomic E-state index is -4.86. The number of rotatable bonds is 12. The molecule has 212 valence electrons. The molecule has 2 aromatic carbocycles. The zero-order chi connectivity index (χ0) is 28.9. The predicted molar refractivity (Wildman–Crippen MR) is 139 cm³/mol. The van der Waals surface area contributed by atoms with Gasteiger partial charge in [0.2, 0.25) is 10.0 Å². The van der Waals surface area contributed by atoms with E-state index in [1.165, 1.54) is 31.2 Å². The first kappa shape index (κ1) is 31.2. The number of hydrogen-bond acceptors (Lipinski definition) is 8. The van der Waals surface area contributed by atoms with E-state index in [1.807, 2.05) is 4.72 Å². The van der Waals surface area contributed by atoms with Crippen LogP contribution in [0.3, 0.4) is 0 Å². The summed E-state index contributed by atoms with van der Waals surface area (Å²) in [5.41, 5.74) is 4.79. The Bertz CT molecular complexity index is 1380. The number of nitrogen functional groups attached to an aromatic ring is 1. The van der Waals surface area contributed by atoms with Crippen molar-refractivity contribution in [2.24, 2.45) is 0 Å². The Morgan fingerprint density at radius 2 is 1.71 bits per heavy atom. The van der Waals surface area contributed by atoms with Crippen LogP contribution in [0.4, 0.5) is 24.5 Å². The molecule has 38 heavy (non-hydrogen) atoms. The predicted octanol–water partition coefficient (Wildman–Crippen LogP) is 4.67. The molecule has 2 rings (SSSR count). The van der Waals surface area contributed by atoms with Gasteiger partial charge in [0.05, 0.1) is 30.4 Å². The molecule has 1 atom stereocenters. The molecule has 14 heteroatoms. The van der Waals surface area contributed by atoms with Crippen molar-refractivity contribution >= 4 is 37.2 Å². The van der Waals surface area contributed by atoms with Crippen LogP contribution >= 0.6 is 0 Å². The van der Waals surface area contributed by atoms with E-state index >= 15 is 4.39 Å². The molecular formula is C24H31F3N2O7S2. The van der Waals surface area contributed by atoms with Gasteiger partial charge in [0.25, 0.3) is 0 Å². The molecule has 0 aromatic heterocycles. The monoisotopic (exact) mass is 580 g/mol. The van der Waals surface area contributed by atoms with Gasteiger partial charge >= 0.3 is 5.97 Å². The average Bonchev–Trinajstić information content (AvgIpc) is 2.79. The molecule has 0 radical (unpaired) electrons. The van der Waals surface area contributed by atoms with E-state index < -0.39 is 85.2 Å². The van der Waals surface area contributed by atoms with Gasteiger partial charge in [-0.15, -0.1) is 0 Å². The third-order valence-electron chi connectivity index (χ3n) is 5.14. The Balaban J connectivity index is 2.42. The van der Waals surface area contributed by atoms with Crippen LogP contribution in [-0.2, 0) is 24.6 Å². The van der Waals surface area contributed by atoms with Crippen molar-refractivity contribution < 1.29 is 44.3 Å². The molecule has 1 unspecified atom stereocenters. The van der Waals surface area contributed by atoms with Crippen LogP contribution in [0, 0.1) is 12.7 Å². The fraction of sp³-hybridized carbons (Fsp3) is 0.458. The van der Waals surface area contributed by atoms with Gasteiger partial charge in [0.15, 0.2) is 26.0 Å². The highest BCUT2D eigenvalue weighted by Gasteiger charge is 2.38. The molecule has 3 N–H and O–H groups in total. The van der Waals surface area contributed by atoms with Crippen molar-refractivity contribution in [1.29, 1.82) is 0 Å². The largest absolute Gasteiger partial charge is 0.456 e. The Hall–Kier alpha value is -3.00.